The quantitative estimate of drug-likeness (QED) is 0.0163. The van der Waals surface area contributed by atoms with E-state index in [0.29, 0.717) is 48.7 Å². The standard InChI is InChI=1S/C70H88O16/c1-11-15-19-49-35-53-43-54-36-50(20-16-12-2)38-56(66(54)82-30-28-80-64(74)26-24-62(72)78-10)45-58-40-52(22-18-14-4)42-60(68(58)84-32-34-86-70(76)48(7)8)46-59-41-51(21-17-13-3)39-57(67(59)83-31-33-85-69(75)47(5)6)44-55(37-49)65(53)81-29-27-79-63(73)25-23-61(71)77-9/h23-26,35-42H,5,7,11-22,27-34,43-46H2,1-4,6,8-10H3/b25-23-,26-24-. The summed E-state index contributed by atoms with van der Waals surface area (Å²) in [4.78, 5) is 74.7. The summed E-state index contributed by atoms with van der Waals surface area (Å²) < 4.78 is 59.2. The highest BCUT2D eigenvalue weighted by atomic mass is 16.6. The molecular weight excluding hydrogens is 1100 g/mol. The summed E-state index contributed by atoms with van der Waals surface area (Å²) in [6.45, 7) is 19.0. The Balaban J connectivity index is 1.88. The van der Waals surface area contributed by atoms with Crippen LogP contribution in [0.2, 0.25) is 0 Å². The number of benzene rings is 4. The smallest absolute Gasteiger partial charge is 0.333 e. The molecule has 0 radical (unpaired) electrons. The number of hydrogen-bond donors (Lipinski definition) is 0. The number of carbonyl (C=O) groups is 6. The molecule has 0 atom stereocenters. The maximum absolute atomic E-state index is 12.8. The van der Waals surface area contributed by atoms with Gasteiger partial charge in [0, 0.05) is 61.1 Å². The number of fused-ring (bicyclic) bond motifs is 8. The first-order valence-corrected chi connectivity index (χ1v) is 30.1. The molecule has 0 heterocycles. The highest BCUT2D eigenvalue weighted by Crippen LogP contribution is 2.42. The van der Waals surface area contributed by atoms with E-state index in [9.17, 15) is 28.8 Å². The SMILES string of the molecule is C=C(C)C(=O)OCCOc1c2cc(CCCC)cc1Cc1cc(CCCC)cc(c1OCCOC(=O)C(=C)C)Cc1cc(CCCC)cc(c1OCCOC(=O)/C=C\C(=O)OC)Cc1cc(CCCC)cc(c1OCCOC(=O)/C=C\C(=O)OC)C2. The minimum Gasteiger partial charge on any atom is -0.489 e. The predicted molar refractivity (Wildman–Crippen MR) is 329 cm³/mol. The van der Waals surface area contributed by atoms with Crippen LogP contribution in [0.1, 0.15) is 160 Å². The Morgan fingerprint density at radius 1 is 0.360 bits per heavy atom. The van der Waals surface area contributed by atoms with Crippen molar-refractivity contribution in [3.8, 4) is 23.0 Å². The Labute approximate surface area is 508 Å². The average Bonchev–Trinajstić information content (AvgIpc) is 2.35. The van der Waals surface area contributed by atoms with Crippen molar-refractivity contribution >= 4 is 35.8 Å². The maximum atomic E-state index is 12.8. The lowest BCUT2D eigenvalue weighted by molar-refractivity contribution is -0.140. The van der Waals surface area contributed by atoms with E-state index in [-0.39, 0.29) is 64.0 Å². The van der Waals surface area contributed by atoms with Gasteiger partial charge in [0.05, 0.1) is 14.2 Å². The number of ether oxygens (including phenoxy) is 10. The van der Waals surface area contributed by atoms with Crippen molar-refractivity contribution in [3.05, 3.63) is 164 Å². The molecule has 0 saturated heterocycles. The Hall–Kier alpha value is -8.14. The fourth-order valence-electron chi connectivity index (χ4n) is 9.90. The molecule has 1 aliphatic carbocycles. The van der Waals surface area contributed by atoms with Crippen LogP contribution in [0.4, 0.5) is 0 Å². The normalized spacial score (nSPS) is 11.8. The third-order valence-corrected chi connectivity index (χ3v) is 14.1. The van der Waals surface area contributed by atoms with Crippen LogP contribution in [0, 0.1) is 0 Å². The van der Waals surface area contributed by atoms with Gasteiger partial charge in [-0.05, 0) is 132 Å². The lowest BCUT2D eigenvalue weighted by Crippen LogP contribution is -2.16. The maximum Gasteiger partial charge on any atom is 0.333 e. The Bertz CT molecular complexity index is 2850. The molecule has 0 spiro atoms. The summed E-state index contributed by atoms with van der Waals surface area (Å²) in [5, 5.41) is 0. The minimum atomic E-state index is -0.742. The molecule has 0 amide bonds. The van der Waals surface area contributed by atoms with E-state index in [1.807, 2.05) is 0 Å². The van der Waals surface area contributed by atoms with Crippen LogP contribution in [-0.2, 0) is 109 Å². The van der Waals surface area contributed by atoms with Crippen molar-refractivity contribution in [1.29, 1.82) is 0 Å². The third-order valence-electron chi connectivity index (χ3n) is 14.1. The molecule has 86 heavy (non-hydrogen) atoms. The van der Waals surface area contributed by atoms with Crippen LogP contribution in [0.25, 0.3) is 0 Å². The second-order valence-corrected chi connectivity index (χ2v) is 21.4. The molecule has 0 aliphatic heterocycles. The minimum absolute atomic E-state index is 0.0358. The molecule has 16 heteroatoms. The van der Waals surface area contributed by atoms with E-state index in [1.54, 1.807) is 13.8 Å². The van der Waals surface area contributed by atoms with E-state index in [4.69, 9.17) is 37.9 Å². The Morgan fingerprint density at radius 2 is 0.581 bits per heavy atom. The number of methoxy groups -OCH3 is 2. The number of hydrogen-bond acceptors (Lipinski definition) is 16. The third kappa shape index (κ3) is 22.4. The van der Waals surface area contributed by atoms with Gasteiger partial charge in [0.15, 0.2) is 0 Å². The van der Waals surface area contributed by atoms with Crippen LogP contribution in [0.15, 0.2) is 97.1 Å². The summed E-state index contributed by atoms with van der Waals surface area (Å²) in [7, 11) is 2.44. The molecule has 464 valence electrons. The zero-order valence-corrected chi connectivity index (χ0v) is 51.8. The lowest BCUT2D eigenvalue weighted by atomic mass is 9.87. The van der Waals surface area contributed by atoms with Crippen molar-refractivity contribution in [3.63, 3.8) is 0 Å². The van der Waals surface area contributed by atoms with Gasteiger partial charge in [0.25, 0.3) is 0 Å². The van der Waals surface area contributed by atoms with Gasteiger partial charge in [0.2, 0.25) is 0 Å². The summed E-state index contributed by atoms with van der Waals surface area (Å²) in [6, 6.07) is 17.5. The number of aryl methyl sites for hydroxylation is 4. The number of unbranched alkanes of at least 4 members (excludes halogenated alkanes) is 4. The van der Waals surface area contributed by atoms with Crippen molar-refractivity contribution in [2.75, 3.05) is 67.1 Å². The van der Waals surface area contributed by atoms with Crippen LogP contribution >= 0.6 is 0 Å². The van der Waals surface area contributed by atoms with Gasteiger partial charge in [-0.2, -0.15) is 0 Å². The van der Waals surface area contributed by atoms with Crippen LogP contribution < -0.4 is 18.9 Å². The number of carbonyl (C=O) groups excluding carboxylic acids is 6. The van der Waals surface area contributed by atoms with Gasteiger partial charge >= 0.3 is 35.8 Å². The summed E-state index contributed by atoms with van der Waals surface area (Å²) in [5.41, 5.74) is 11.8. The summed E-state index contributed by atoms with van der Waals surface area (Å²) >= 11 is 0. The molecule has 1 aliphatic rings. The largest absolute Gasteiger partial charge is 0.489 e. The number of esters is 6. The lowest BCUT2D eigenvalue weighted by Gasteiger charge is -2.25. The zero-order chi connectivity index (χ0) is 62.4. The van der Waals surface area contributed by atoms with E-state index in [1.165, 1.54) is 14.2 Å². The Kier molecular flexibility index (Phi) is 29.2. The summed E-state index contributed by atoms with van der Waals surface area (Å²) in [5.74, 6) is -1.54. The zero-order valence-electron chi connectivity index (χ0n) is 51.8. The van der Waals surface area contributed by atoms with Crippen LogP contribution in [0.5, 0.6) is 23.0 Å². The van der Waals surface area contributed by atoms with Gasteiger partial charge in [-0.15, -0.1) is 0 Å². The van der Waals surface area contributed by atoms with E-state index < -0.39 is 35.8 Å². The van der Waals surface area contributed by atoms with Gasteiger partial charge < -0.3 is 47.4 Å². The monoisotopic (exact) mass is 1180 g/mol. The van der Waals surface area contributed by atoms with Gasteiger partial charge in [-0.3, -0.25) is 0 Å². The Morgan fingerprint density at radius 3 is 0.791 bits per heavy atom. The molecule has 0 saturated carbocycles. The molecule has 0 unspecified atom stereocenters. The summed E-state index contributed by atoms with van der Waals surface area (Å²) in [6.07, 6.45) is 16.0. The van der Waals surface area contributed by atoms with Crippen LogP contribution in [-0.4, -0.2) is 103 Å². The molecule has 4 aromatic rings. The highest BCUT2D eigenvalue weighted by molar-refractivity contribution is 5.92. The van der Waals surface area contributed by atoms with E-state index in [2.05, 4.69) is 98.9 Å². The predicted octanol–water partition coefficient (Wildman–Crippen LogP) is 12.0. The molecule has 8 bridgehead atoms. The fourth-order valence-corrected chi connectivity index (χ4v) is 9.90. The molecule has 5 rings (SSSR count). The van der Waals surface area contributed by atoms with Crippen LogP contribution in [0.3, 0.4) is 0 Å². The topological polar surface area (TPSA) is 195 Å². The van der Waals surface area contributed by atoms with Gasteiger partial charge in [-0.25, -0.2) is 28.8 Å². The second-order valence-electron chi connectivity index (χ2n) is 21.4. The first kappa shape index (κ1) is 68.6. The highest BCUT2D eigenvalue weighted by Gasteiger charge is 2.26. The molecule has 0 fully saturated rings. The molecule has 4 aromatic carbocycles. The molecule has 16 nitrogen and oxygen atoms in total. The van der Waals surface area contributed by atoms with Crippen molar-refractivity contribution in [2.45, 2.75) is 144 Å². The van der Waals surface area contributed by atoms with Crippen molar-refractivity contribution in [2.24, 2.45) is 0 Å². The van der Waals surface area contributed by atoms with E-state index >= 15 is 0 Å². The first-order valence-electron chi connectivity index (χ1n) is 30.1. The molecule has 0 N–H and O–H groups in total. The fraction of sp³-hybridized carbons (Fsp3) is 0.457. The second kappa shape index (κ2) is 36.6. The first-order chi connectivity index (χ1) is 41.5. The van der Waals surface area contributed by atoms with Gasteiger partial charge in [0.1, 0.15) is 75.9 Å². The number of rotatable bonds is 34. The van der Waals surface area contributed by atoms with E-state index in [0.717, 1.165) is 168 Å². The van der Waals surface area contributed by atoms with Gasteiger partial charge in [-0.1, -0.05) is 115 Å². The average molecular weight is 1190 g/mol. The van der Waals surface area contributed by atoms with Crippen molar-refractivity contribution in [1.82, 2.24) is 0 Å². The van der Waals surface area contributed by atoms with Crippen molar-refractivity contribution < 1.29 is 76.1 Å². The molecular formula is C70H88O16. The molecule has 0 aromatic heterocycles.